The lowest BCUT2D eigenvalue weighted by Crippen LogP contribution is -2.19. The zero-order chi connectivity index (χ0) is 16.7. The van der Waals surface area contributed by atoms with Gasteiger partial charge in [-0.25, -0.2) is 8.42 Å². The van der Waals surface area contributed by atoms with E-state index in [0.717, 1.165) is 12.1 Å². The van der Waals surface area contributed by atoms with E-state index < -0.39 is 10.0 Å². The van der Waals surface area contributed by atoms with Crippen molar-refractivity contribution in [3.63, 3.8) is 0 Å². The summed E-state index contributed by atoms with van der Waals surface area (Å²) in [5, 5.41) is 11.0. The number of hydrogen-bond donors (Lipinski definition) is 2. The number of sulfonamides is 1. The molecular weight excluding hydrogens is 312 g/mol. The lowest BCUT2D eigenvalue weighted by atomic mass is 10.2. The Labute approximate surface area is 137 Å². The Balaban J connectivity index is 1.89. The predicted molar refractivity (Wildman–Crippen MR) is 92.9 cm³/mol. The molecule has 0 aliphatic heterocycles. The zero-order valence-corrected chi connectivity index (χ0v) is 14.2. The molecule has 6 nitrogen and oxygen atoms in total. The predicted octanol–water partition coefficient (Wildman–Crippen LogP) is 2.53. The van der Waals surface area contributed by atoms with Crippen molar-refractivity contribution < 1.29 is 8.42 Å². The Morgan fingerprint density at radius 1 is 1.00 bits per heavy atom. The van der Waals surface area contributed by atoms with Crippen LogP contribution < -0.4 is 10.0 Å². The molecule has 1 heterocycles. The molecule has 0 saturated heterocycles. The molecule has 0 atom stereocenters. The van der Waals surface area contributed by atoms with Gasteiger partial charge in [0.1, 0.15) is 5.82 Å². The summed E-state index contributed by atoms with van der Waals surface area (Å²) in [5.74, 6) is 1.36. The number of nitrogens with zero attached hydrogens (tertiary/aromatic N) is 2. The molecular formula is C16H22N4O2S. The highest BCUT2D eigenvalue weighted by Gasteiger charge is 2.12. The van der Waals surface area contributed by atoms with E-state index in [4.69, 9.17) is 0 Å². The maximum atomic E-state index is 12.1. The number of rotatable bonds is 8. The smallest absolute Gasteiger partial charge is 0.234 e. The monoisotopic (exact) mass is 334 g/mol. The third-order valence-corrected chi connectivity index (χ3v) is 4.38. The Kier molecular flexibility index (Phi) is 5.92. The van der Waals surface area contributed by atoms with Crippen molar-refractivity contribution in [2.24, 2.45) is 5.92 Å². The molecule has 0 aliphatic carbocycles. The number of aryl methyl sites for hydroxylation is 1. The average molecular weight is 334 g/mol. The molecule has 0 unspecified atom stereocenters. The van der Waals surface area contributed by atoms with Crippen LogP contribution in [-0.2, 0) is 16.4 Å². The van der Waals surface area contributed by atoms with Crippen LogP contribution in [0.25, 0.3) is 0 Å². The van der Waals surface area contributed by atoms with Gasteiger partial charge in [-0.1, -0.05) is 44.2 Å². The zero-order valence-electron chi connectivity index (χ0n) is 13.4. The molecule has 1 aromatic carbocycles. The highest BCUT2D eigenvalue weighted by Crippen LogP contribution is 2.10. The normalized spacial score (nSPS) is 11.4. The second-order valence-electron chi connectivity index (χ2n) is 5.74. The molecule has 23 heavy (non-hydrogen) atoms. The Morgan fingerprint density at radius 2 is 1.65 bits per heavy atom. The van der Waals surface area contributed by atoms with Crippen molar-refractivity contribution in [1.29, 1.82) is 0 Å². The fraction of sp³-hybridized carbons (Fsp3) is 0.375. The molecule has 7 heteroatoms. The van der Waals surface area contributed by atoms with E-state index in [9.17, 15) is 8.42 Å². The van der Waals surface area contributed by atoms with Crippen LogP contribution in [0.3, 0.4) is 0 Å². The van der Waals surface area contributed by atoms with Crippen LogP contribution >= 0.6 is 0 Å². The second kappa shape index (κ2) is 7.92. The molecule has 0 spiro atoms. The molecule has 2 N–H and O–H groups in total. The van der Waals surface area contributed by atoms with Gasteiger partial charge < -0.3 is 5.32 Å². The molecule has 2 rings (SSSR count). The largest absolute Gasteiger partial charge is 0.368 e. The van der Waals surface area contributed by atoms with E-state index in [0.29, 0.717) is 18.2 Å². The highest BCUT2D eigenvalue weighted by atomic mass is 32.2. The van der Waals surface area contributed by atoms with Gasteiger partial charge in [-0.05, 0) is 30.0 Å². The van der Waals surface area contributed by atoms with Crippen LogP contribution in [0.4, 0.5) is 11.6 Å². The standard InChI is InChI=1S/C16H22N4O2S/c1-13(2)12-17-15-8-9-16(19-18-15)20-23(21,22)11-10-14-6-4-3-5-7-14/h3-9,13H,10-12H2,1-2H3,(H,17,18)(H,19,20). The first-order valence-electron chi connectivity index (χ1n) is 7.56. The first kappa shape index (κ1) is 17.2. The minimum absolute atomic E-state index is 0.00600. The molecule has 0 bridgehead atoms. The summed E-state index contributed by atoms with van der Waals surface area (Å²) in [4.78, 5) is 0. The fourth-order valence-electron chi connectivity index (χ4n) is 1.90. The lowest BCUT2D eigenvalue weighted by Gasteiger charge is -2.09. The summed E-state index contributed by atoms with van der Waals surface area (Å²) >= 11 is 0. The highest BCUT2D eigenvalue weighted by molar-refractivity contribution is 7.92. The van der Waals surface area contributed by atoms with Crippen molar-refractivity contribution in [2.45, 2.75) is 20.3 Å². The number of nitrogens with one attached hydrogen (secondary N) is 2. The van der Waals surface area contributed by atoms with Crippen molar-refractivity contribution in [2.75, 3.05) is 22.3 Å². The maximum Gasteiger partial charge on any atom is 0.234 e. The van der Waals surface area contributed by atoms with E-state index in [1.807, 2.05) is 30.3 Å². The third kappa shape index (κ3) is 6.23. The molecule has 0 fully saturated rings. The lowest BCUT2D eigenvalue weighted by molar-refractivity contribution is 0.600. The molecule has 1 aromatic heterocycles. The molecule has 2 aromatic rings. The summed E-state index contributed by atoms with van der Waals surface area (Å²) < 4.78 is 26.6. The van der Waals surface area contributed by atoms with Gasteiger partial charge in [0.15, 0.2) is 5.82 Å². The van der Waals surface area contributed by atoms with Crippen molar-refractivity contribution in [3.8, 4) is 0 Å². The summed E-state index contributed by atoms with van der Waals surface area (Å²) in [7, 11) is -3.44. The Bertz CT molecular complexity index is 701. The van der Waals surface area contributed by atoms with Gasteiger partial charge in [-0.2, -0.15) is 0 Å². The number of hydrogen-bond acceptors (Lipinski definition) is 5. The van der Waals surface area contributed by atoms with Crippen LogP contribution in [0.5, 0.6) is 0 Å². The topological polar surface area (TPSA) is 84.0 Å². The number of benzene rings is 1. The van der Waals surface area contributed by atoms with E-state index in [2.05, 4.69) is 34.1 Å². The summed E-state index contributed by atoms with van der Waals surface area (Å²) in [6, 6.07) is 12.8. The van der Waals surface area contributed by atoms with E-state index >= 15 is 0 Å². The van der Waals surface area contributed by atoms with Crippen LogP contribution in [0.2, 0.25) is 0 Å². The van der Waals surface area contributed by atoms with Gasteiger partial charge in [-0.3, -0.25) is 4.72 Å². The Morgan fingerprint density at radius 3 is 2.26 bits per heavy atom. The van der Waals surface area contributed by atoms with Crippen molar-refractivity contribution >= 4 is 21.7 Å². The SMILES string of the molecule is CC(C)CNc1ccc(NS(=O)(=O)CCc2ccccc2)nn1. The van der Waals surface area contributed by atoms with Gasteiger partial charge in [0.25, 0.3) is 0 Å². The second-order valence-corrected chi connectivity index (χ2v) is 7.58. The summed E-state index contributed by atoms with van der Waals surface area (Å²) in [6.45, 7) is 4.97. The van der Waals surface area contributed by atoms with E-state index in [1.165, 1.54) is 0 Å². The molecule has 0 aliphatic rings. The van der Waals surface area contributed by atoms with Crippen LogP contribution in [-0.4, -0.2) is 30.9 Å². The fourth-order valence-corrected chi connectivity index (χ4v) is 2.93. The van der Waals surface area contributed by atoms with Crippen LogP contribution in [0, 0.1) is 5.92 Å². The number of anilines is 2. The third-order valence-electron chi connectivity index (χ3n) is 3.12. The summed E-state index contributed by atoms with van der Waals surface area (Å²) in [5.41, 5.74) is 0.984. The van der Waals surface area contributed by atoms with Gasteiger partial charge >= 0.3 is 0 Å². The van der Waals surface area contributed by atoms with Gasteiger partial charge in [-0.15, -0.1) is 10.2 Å². The minimum atomic E-state index is -3.44. The minimum Gasteiger partial charge on any atom is -0.368 e. The average Bonchev–Trinajstić information content (AvgIpc) is 2.53. The molecule has 0 amide bonds. The van der Waals surface area contributed by atoms with Gasteiger partial charge in [0, 0.05) is 6.54 Å². The first-order chi connectivity index (χ1) is 10.9. The van der Waals surface area contributed by atoms with Crippen molar-refractivity contribution in [1.82, 2.24) is 10.2 Å². The number of aromatic nitrogens is 2. The molecule has 0 radical (unpaired) electrons. The molecule has 0 saturated carbocycles. The van der Waals surface area contributed by atoms with Gasteiger partial charge in [0.2, 0.25) is 10.0 Å². The summed E-state index contributed by atoms with van der Waals surface area (Å²) in [6.07, 6.45) is 0.456. The maximum absolute atomic E-state index is 12.1. The quantitative estimate of drug-likeness (QED) is 0.775. The molecule has 124 valence electrons. The van der Waals surface area contributed by atoms with Crippen molar-refractivity contribution in [3.05, 3.63) is 48.0 Å². The van der Waals surface area contributed by atoms with Gasteiger partial charge in [0.05, 0.1) is 5.75 Å². The first-order valence-corrected chi connectivity index (χ1v) is 9.22. The van der Waals surface area contributed by atoms with E-state index in [-0.39, 0.29) is 11.6 Å². The van der Waals surface area contributed by atoms with E-state index in [1.54, 1.807) is 12.1 Å². The van der Waals surface area contributed by atoms with Crippen LogP contribution in [0.15, 0.2) is 42.5 Å². The van der Waals surface area contributed by atoms with Crippen LogP contribution in [0.1, 0.15) is 19.4 Å². The Hall–Kier alpha value is -2.15.